The molecule has 1 rings (SSSR count). The minimum atomic E-state index is -0.453. The van der Waals surface area contributed by atoms with Crippen molar-refractivity contribution in [1.82, 2.24) is 10.2 Å². The van der Waals surface area contributed by atoms with E-state index in [0.29, 0.717) is 6.04 Å². The smallest absolute Gasteiger partial charge is 0.0772 e. The van der Waals surface area contributed by atoms with Crippen LogP contribution in [0, 0.1) is 5.92 Å². The van der Waals surface area contributed by atoms with E-state index in [0.717, 1.165) is 44.7 Å². The molecule has 0 radical (unpaired) electrons. The Bertz CT molecular complexity index is 223. The third kappa shape index (κ3) is 5.25. The molecule has 0 saturated heterocycles. The van der Waals surface area contributed by atoms with Gasteiger partial charge in [0.05, 0.1) is 5.60 Å². The van der Waals surface area contributed by atoms with Crippen molar-refractivity contribution in [2.75, 3.05) is 26.7 Å². The Balaban J connectivity index is 2.29. The van der Waals surface area contributed by atoms with Gasteiger partial charge >= 0.3 is 0 Å². The predicted molar refractivity (Wildman–Crippen MR) is 77.8 cm³/mol. The Hall–Kier alpha value is -0.120. The summed E-state index contributed by atoms with van der Waals surface area (Å²) in [4.78, 5) is 2.49. The van der Waals surface area contributed by atoms with Crippen LogP contribution in [0.3, 0.4) is 0 Å². The highest BCUT2D eigenvalue weighted by atomic mass is 16.3. The summed E-state index contributed by atoms with van der Waals surface area (Å²) in [6.07, 6.45) is 5.43. The van der Waals surface area contributed by atoms with E-state index in [2.05, 4.69) is 38.0 Å². The van der Waals surface area contributed by atoms with Gasteiger partial charge in [0.25, 0.3) is 0 Å². The molecule has 1 aliphatic rings. The SMILES string of the molecule is CCNC[C@]1(O)CC[C@@H](N(C)CCC(C)C)CC1. The maximum absolute atomic E-state index is 10.4. The Morgan fingerprint density at radius 2 is 1.94 bits per heavy atom. The van der Waals surface area contributed by atoms with Gasteiger partial charge in [-0.2, -0.15) is 0 Å². The molecule has 0 aromatic rings. The molecule has 0 bridgehead atoms. The first kappa shape index (κ1) is 15.9. The minimum Gasteiger partial charge on any atom is -0.389 e. The van der Waals surface area contributed by atoms with Crippen molar-refractivity contribution < 1.29 is 5.11 Å². The van der Waals surface area contributed by atoms with E-state index < -0.39 is 5.60 Å². The first-order valence-corrected chi connectivity index (χ1v) is 7.60. The summed E-state index contributed by atoms with van der Waals surface area (Å²) in [5.74, 6) is 0.779. The second-order valence-corrected chi connectivity index (χ2v) is 6.40. The van der Waals surface area contributed by atoms with E-state index in [-0.39, 0.29) is 0 Å². The summed E-state index contributed by atoms with van der Waals surface area (Å²) in [5, 5.41) is 13.7. The van der Waals surface area contributed by atoms with Crippen molar-refractivity contribution in [2.45, 2.75) is 64.5 Å². The Labute approximate surface area is 113 Å². The van der Waals surface area contributed by atoms with E-state index in [9.17, 15) is 5.11 Å². The van der Waals surface area contributed by atoms with Crippen molar-refractivity contribution in [2.24, 2.45) is 5.92 Å². The van der Waals surface area contributed by atoms with Gasteiger partial charge in [0.1, 0.15) is 0 Å². The monoisotopic (exact) mass is 256 g/mol. The first-order valence-electron chi connectivity index (χ1n) is 7.60. The van der Waals surface area contributed by atoms with Gasteiger partial charge in [-0.15, -0.1) is 0 Å². The van der Waals surface area contributed by atoms with E-state index in [1.807, 2.05) is 0 Å². The number of nitrogens with one attached hydrogen (secondary N) is 1. The van der Waals surface area contributed by atoms with Crippen molar-refractivity contribution in [3.63, 3.8) is 0 Å². The van der Waals surface area contributed by atoms with Crippen molar-refractivity contribution >= 4 is 0 Å². The summed E-state index contributed by atoms with van der Waals surface area (Å²) in [6, 6.07) is 0.672. The van der Waals surface area contributed by atoms with Gasteiger partial charge in [-0.1, -0.05) is 20.8 Å². The number of hydrogen-bond donors (Lipinski definition) is 2. The Morgan fingerprint density at radius 3 is 2.44 bits per heavy atom. The lowest BCUT2D eigenvalue weighted by Crippen LogP contribution is -2.47. The van der Waals surface area contributed by atoms with E-state index in [4.69, 9.17) is 0 Å². The fraction of sp³-hybridized carbons (Fsp3) is 1.00. The van der Waals surface area contributed by atoms with Gasteiger partial charge < -0.3 is 15.3 Å². The molecule has 108 valence electrons. The zero-order valence-electron chi connectivity index (χ0n) is 12.7. The van der Waals surface area contributed by atoms with Crippen LogP contribution in [0.5, 0.6) is 0 Å². The molecule has 0 amide bonds. The lowest BCUT2D eigenvalue weighted by Gasteiger charge is -2.40. The molecule has 2 N–H and O–H groups in total. The fourth-order valence-corrected chi connectivity index (χ4v) is 2.76. The van der Waals surface area contributed by atoms with Gasteiger partial charge in [0, 0.05) is 12.6 Å². The summed E-state index contributed by atoms with van der Waals surface area (Å²) < 4.78 is 0. The molecular weight excluding hydrogens is 224 g/mol. The lowest BCUT2D eigenvalue weighted by atomic mass is 9.81. The van der Waals surface area contributed by atoms with Crippen LogP contribution in [0.15, 0.2) is 0 Å². The molecule has 0 aromatic carbocycles. The quantitative estimate of drug-likeness (QED) is 0.733. The predicted octanol–water partition coefficient (Wildman–Crippen LogP) is 2.25. The second-order valence-electron chi connectivity index (χ2n) is 6.40. The molecule has 0 spiro atoms. The summed E-state index contributed by atoms with van der Waals surface area (Å²) in [5.41, 5.74) is -0.453. The number of likely N-dealkylation sites (N-methyl/N-ethyl adjacent to an activating group) is 1. The number of nitrogens with zero attached hydrogens (tertiary/aromatic N) is 1. The highest BCUT2D eigenvalue weighted by molar-refractivity contribution is 4.90. The van der Waals surface area contributed by atoms with E-state index in [1.54, 1.807) is 0 Å². The van der Waals surface area contributed by atoms with Crippen LogP contribution >= 0.6 is 0 Å². The summed E-state index contributed by atoms with van der Waals surface area (Å²) >= 11 is 0. The normalized spacial score (nSPS) is 29.2. The van der Waals surface area contributed by atoms with Crippen molar-refractivity contribution in [3.05, 3.63) is 0 Å². The molecule has 0 heterocycles. The third-order valence-corrected chi connectivity index (χ3v) is 4.27. The van der Waals surface area contributed by atoms with Gasteiger partial charge in [-0.05, 0) is 58.2 Å². The van der Waals surface area contributed by atoms with E-state index in [1.165, 1.54) is 13.0 Å². The molecule has 1 aliphatic carbocycles. The molecule has 0 atom stereocenters. The first-order chi connectivity index (χ1) is 8.47. The van der Waals surface area contributed by atoms with Crippen LogP contribution in [-0.2, 0) is 0 Å². The summed E-state index contributed by atoms with van der Waals surface area (Å²) in [6.45, 7) is 9.54. The molecule has 1 saturated carbocycles. The fourth-order valence-electron chi connectivity index (χ4n) is 2.76. The van der Waals surface area contributed by atoms with Crippen LogP contribution < -0.4 is 5.32 Å². The highest BCUT2D eigenvalue weighted by Crippen LogP contribution is 2.30. The lowest BCUT2D eigenvalue weighted by molar-refractivity contribution is -0.0159. The molecule has 0 unspecified atom stereocenters. The van der Waals surface area contributed by atoms with Crippen molar-refractivity contribution in [3.8, 4) is 0 Å². The molecule has 0 aromatic heterocycles. The molecule has 18 heavy (non-hydrogen) atoms. The Kier molecular flexibility index (Phi) is 6.61. The van der Waals surface area contributed by atoms with Crippen LogP contribution in [0.1, 0.15) is 52.9 Å². The van der Waals surface area contributed by atoms with Crippen LogP contribution in [-0.4, -0.2) is 48.3 Å². The molecule has 3 nitrogen and oxygen atoms in total. The number of rotatable bonds is 7. The molecule has 1 fully saturated rings. The molecular formula is C15H32N2O. The van der Waals surface area contributed by atoms with Crippen LogP contribution in [0.25, 0.3) is 0 Å². The zero-order chi connectivity index (χ0) is 13.6. The number of hydrogen-bond acceptors (Lipinski definition) is 3. The van der Waals surface area contributed by atoms with Crippen molar-refractivity contribution in [1.29, 1.82) is 0 Å². The largest absolute Gasteiger partial charge is 0.389 e. The van der Waals surface area contributed by atoms with Crippen LogP contribution in [0.4, 0.5) is 0 Å². The maximum Gasteiger partial charge on any atom is 0.0772 e. The third-order valence-electron chi connectivity index (χ3n) is 4.27. The number of aliphatic hydroxyl groups is 1. The summed E-state index contributed by atoms with van der Waals surface area (Å²) in [7, 11) is 2.24. The van der Waals surface area contributed by atoms with Gasteiger partial charge in [-0.3, -0.25) is 0 Å². The minimum absolute atomic E-state index is 0.453. The van der Waals surface area contributed by atoms with Gasteiger partial charge in [0.2, 0.25) is 0 Å². The molecule has 0 aliphatic heterocycles. The molecule has 3 heteroatoms. The second kappa shape index (κ2) is 7.46. The standard InChI is InChI=1S/C15H32N2O/c1-5-16-12-15(18)9-6-14(7-10-15)17(4)11-8-13(2)3/h13-14,16,18H,5-12H2,1-4H3/t14-,15+. The average molecular weight is 256 g/mol. The topological polar surface area (TPSA) is 35.5 Å². The highest BCUT2D eigenvalue weighted by Gasteiger charge is 2.33. The maximum atomic E-state index is 10.4. The average Bonchev–Trinajstić information content (AvgIpc) is 2.34. The van der Waals surface area contributed by atoms with Crippen LogP contribution in [0.2, 0.25) is 0 Å². The van der Waals surface area contributed by atoms with Gasteiger partial charge in [0.15, 0.2) is 0 Å². The van der Waals surface area contributed by atoms with E-state index >= 15 is 0 Å². The Morgan fingerprint density at radius 1 is 1.33 bits per heavy atom. The van der Waals surface area contributed by atoms with Gasteiger partial charge in [-0.25, -0.2) is 0 Å². The zero-order valence-corrected chi connectivity index (χ0v) is 12.7.